The maximum absolute atomic E-state index is 10.7. The number of nitrogens with one attached hydrogen (secondary N) is 1. The second-order valence-corrected chi connectivity index (χ2v) is 4.31. The Bertz CT molecular complexity index is 369. The molecule has 88 valence electrons. The monoisotopic (exact) mass is 223 g/mol. The average Bonchev–Trinajstić information content (AvgIpc) is 2.61. The van der Waals surface area contributed by atoms with Gasteiger partial charge in [-0.15, -0.1) is 5.10 Å². The van der Waals surface area contributed by atoms with Gasteiger partial charge in [0.25, 0.3) is 0 Å². The van der Waals surface area contributed by atoms with E-state index in [1.165, 1.54) is 6.92 Å². The largest absolute Gasteiger partial charge is 0.356 e. The Balaban J connectivity index is 1.81. The summed E-state index contributed by atoms with van der Waals surface area (Å²) in [7, 11) is 0. The van der Waals surface area contributed by atoms with Crippen LogP contribution in [0, 0.1) is 0 Å². The van der Waals surface area contributed by atoms with Gasteiger partial charge in [0.05, 0.1) is 11.7 Å². The molecule has 3 N–H and O–H groups in total. The van der Waals surface area contributed by atoms with Crippen LogP contribution in [-0.4, -0.2) is 33.5 Å². The number of hydrogen-bond acceptors (Lipinski definition) is 4. The molecule has 1 aromatic heterocycles. The number of hydrogen-bond donors (Lipinski definition) is 2. The summed E-state index contributed by atoms with van der Waals surface area (Å²) in [6, 6.07) is 0.731. The topological polar surface area (TPSA) is 85.8 Å². The number of rotatable bonds is 4. The lowest BCUT2D eigenvalue weighted by atomic mass is 9.88. The van der Waals surface area contributed by atoms with Gasteiger partial charge in [-0.25, -0.2) is 4.68 Å². The van der Waals surface area contributed by atoms with Crippen molar-refractivity contribution in [1.29, 1.82) is 0 Å². The number of aromatic nitrogens is 3. The van der Waals surface area contributed by atoms with Gasteiger partial charge in [-0.2, -0.15) is 0 Å². The molecule has 1 fully saturated rings. The first-order valence-electron chi connectivity index (χ1n) is 5.56. The molecule has 1 saturated carbocycles. The highest BCUT2D eigenvalue weighted by Crippen LogP contribution is 2.29. The molecule has 1 aliphatic rings. The van der Waals surface area contributed by atoms with Gasteiger partial charge < -0.3 is 11.1 Å². The van der Waals surface area contributed by atoms with Crippen molar-refractivity contribution in [2.24, 2.45) is 5.73 Å². The third-order valence-corrected chi connectivity index (χ3v) is 2.84. The lowest BCUT2D eigenvalue weighted by molar-refractivity contribution is -0.118. The van der Waals surface area contributed by atoms with Gasteiger partial charge in [-0.1, -0.05) is 5.21 Å². The summed E-state index contributed by atoms with van der Waals surface area (Å²) >= 11 is 0. The first-order chi connectivity index (χ1) is 7.65. The molecule has 1 aromatic rings. The van der Waals surface area contributed by atoms with Crippen LogP contribution in [0.1, 0.15) is 31.5 Å². The Morgan fingerprint density at radius 1 is 1.69 bits per heavy atom. The Morgan fingerprint density at radius 2 is 2.44 bits per heavy atom. The fourth-order valence-corrected chi connectivity index (χ4v) is 1.82. The standard InChI is InChI=1S/C10H17N5O/c1-7(16)12-3-2-9-6-15(14-13-9)10-4-8(11)5-10/h6,8,10H,2-5,11H2,1H3,(H,12,16). The number of carbonyl (C=O) groups excluding carboxylic acids is 1. The van der Waals surface area contributed by atoms with E-state index in [1.54, 1.807) is 0 Å². The van der Waals surface area contributed by atoms with Crippen LogP contribution in [0.5, 0.6) is 0 Å². The SMILES string of the molecule is CC(=O)NCCc1cn(C2CC(N)C2)nn1. The number of nitrogens with zero attached hydrogens (tertiary/aromatic N) is 3. The molecular weight excluding hydrogens is 206 g/mol. The van der Waals surface area contributed by atoms with Crippen molar-refractivity contribution < 1.29 is 4.79 Å². The Labute approximate surface area is 94.2 Å². The zero-order valence-corrected chi connectivity index (χ0v) is 9.39. The first kappa shape index (κ1) is 11.1. The van der Waals surface area contributed by atoms with E-state index in [9.17, 15) is 4.79 Å². The van der Waals surface area contributed by atoms with Gasteiger partial charge in [0.15, 0.2) is 0 Å². The molecule has 0 aliphatic heterocycles. The van der Waals surface area contributed by atoms with Crippen molar-refractivity contribution in [1.82, 2.24) is 20.3 Å². The second kappa shape index (κ2) is 4.61. The molecule has 0 radical (unpaired) electrons. The zero-order valence-electron chi connectivity index (χ0n) is 9.39. The Morgan fingerprint density at radius 3 is 3.06 bits per heavy atom. The van der Waals surface area contributed by atoms with Gasteiger partial charge >= 0.3 is 0 Å². The molecule has 0 unspecified atom stereocenters. The summed E-state index contributed by atoms with van der Waals surface area (Å²) < 4.78 is 1.88. The second-order valence-electron chi connectivity index (χ2n) is 4.31. The van der Waals surface area contributed by atoms with Crippen molar-refractivity contribution in [3.63, 3.8) is 0 Å². The van der Waals surface area contributed by atoms with Crippen LogP contribution >= 0.6 is 0 Å². The minimum absolute atomic E-state index is 0.0163. The van der Waals surface area contributed by atoms with E-state index in [0.29, 0.717) is 18.6 Å². The maximum Gasteiger partial charge on any atom is 0.216 e. The molecule has 6 nitrogen and oxygen atoms in total. The molecule has 1 aliphatic carbocycles. The highest BCUT2D eigenvalue weighted by atomic mass is 16.1. The molecule has 0 atom stereocenters. The minimum atomic E-state index is -0.0163. The van der Waals surface area contributed by atoms with Crippen molar-refractivity contribution in [2.45, 2.75) is 38.3 Å². The molecule has 0 saturated heterocycles. The quantitative estimate of drug-likeness (QED) is 0.728. The van der Waals surface area contributed by atoms with Crippen LogP contribution in [0.4, 0.5) is 0 Å². The summed E-state index contributed by atoms with van der Waals surface area (Å²) in [5.74, 6) is -0.0163. The summed E-state index contributed by atoms with van der Waals surface area (Å²) in [5.41, 5.74) is 6.63. The van der Waals surface area contributed by atoms with E-state index in [4.69, 9.17) is 5.73 Å². The minimum Gasteiger partial charge on any atom is -0.356 e. The summed E-state index contributed by atoms with van der Waals surface area (Å²) in [4.78, 5) is 10.7. The average molecular weight is 223 g/mol. The lowest BCUT2D eigenvalue weighted by Gasteiger charge is -2.31. The fourth-order valence-electron chi connectivity index (χ4n) is 1.82. The van der Waals surface area contributed by atoms with E-state index >= 15 is 0 Å². The van der Waals surface area contributed by atoms with E-state index in [1.807, 2.05) is 10.9 Å². The molecular formula is C10H17N5O. The van der Waals surface area contributed by atoms with Crippen LogP contribution in [0.25, 0.3) is 0 Å². The van der Waals surface area contributed by atoms with Gasteiger partial charge in [-0.05, 0) is 12.8 Å². The molecule has 0 bridgehead atoms. The molecule has 0 spiro atoms. The molecule has 16 heavy (non-hydrogen) atoms. The highest BCUT2D eigenvalue weighted by molar-refractivity contribution is 5.72. The summed E-state index contributed by atoms with van der Waals surface area (Å²) in [5, 5.41) is 10.9. The highest BCUT2D eigenvalue weighted by Gasteiger charge is 2.28. The number of amides is 1. The van der Waals surface area contributed by atoms with E-state index in [2.05, 4.69) is 15.6 Å². The van der Waals surface area contributed by atoms with Crippen LogP contribution < -0.4 is 11.1 Å². The van der Waals surface area contributed by atoms with Crippen LogP contribution in [0.3, 0.4) is 0 Å². The van der Waals surface area contributed by atoms with Crippen LogP contribution in [0.15, 0.2) is 6.20 Å². The van der Waals surface area contributed by atoms with Crippen molar-refractivity contribution in [2.75, 3.05) is 6.54 Å². The van der Waals surface area contributed by atoms with Crippen LogP contribution in [-0.2, 0) is 11.2 Å². The normalized spacial score (nSPS) is 23.9. The van der Waals surface area contributed by atoms with Gasteiger partial charge in [0.2, 0.25) is 5.91 Å². The third-order valence-electron chi connectivity index (χ3n) is 2.84. The lowest BCUT2D eigenvalue weighted by Crippen LogP contribution is -2.37. The predicted octanol–water partition coefficient (Wildman–Crippen LogP) is -0.381. The fraction of sp³-hybridized carbons (Fsp3) is 0.700. The molecule has 2 rings (SSSR count). The molecule has 6 heteroatoms. The van der Waals surface area contributed by atoms with Crippen molar-refractivity contribution in [3.8, 4) is 0 Å². The van der Waals surface area contributed by atoms with Crippen molar-refractivity contribution in [3.05, 3.63) is 11.9 Å². The third kappa shape index (κ3) is 2.57. The predicted molar refractivity (Wildman–Crippen MR) is 58.7 cm³/mol. The first-order valence-corrected chi connectivity index (χ1v) is 5.56. The number of carbonyl (C=O) groups is 1. The summed E-state index contributed by atoms with van der Waals surface area (Å²) in [6.45, 7) is 2.12. The smallest absolute Gasteiger partial charge is 0.216 e. The van der Waals surface area contributed by atoms with Crippen LogP contribution in [0.2, 0.25) is 0 Å². The Hall–Kier alpha value is -1.43. The number of nitrogens with two attached hydrogens (primary N) is 1. The van der Waals surface area contributed by atoms with Gasteiger partial charge in [-0.3, -0.25) is 4.79 Å². The van der Waals surface area contributed by atoms with Gasteiger partial charge in [0, 0.05) is 32.1 Å². The molecule has 0 aromatic carbocycles. The van der Waals surface area contributed by atoms with Gasteiger partial charge in [0.1, 0.15) is 0 Å². The van der Waals surface area contributed by atoms with E-state index in [-0.39, 0.29) is 5.91 Å². The summed E-state index contributed by atoms with van der Waals surface area (Å²) in [6.07, 6.45) is 4.62. The van der Waals surface area contributed by atoms with E-state index < -0.39 is 0 Å². The van der Waals surface area contributed by atoms with Crippen molar-refractivity contribution >= 4 is 5.91 Å². The molecule has 1 amide bonds. The molecule has 1 heterocycles. The maximum atomic E-state index is 10.7. The zero-order chi connectivity index (χ0) is 11.5. The van der Waals surface area contributed by atoms with E-state index in [0.717, 1.165) is 25.0 Å². The Kier molecular flexibility index (Phi) is 3.19.